The van der Waals surface area contributed by atoms with Crippen molar-refractivity contribution in [1.82, 2.24) is 10.2 Å². The van der Waals surface area contributed by atoms with Crippen LogP contribution in [0.25, 0.3) is 0 Å². The van der Waals surface area contributed by atoms with Crippen LogP contribution in [0.2, 0.25) is 0 Å². The highest BCUT2D eigenvalue weighted by Crippen LogP contribution is 2.15. The predicted octanol–water partition coefficient (Wildman–Crippen LogP) is 1.55. The van der Waals surface area contributed by atoms with E-state index in [9.17, 15) is 0 Å². The van der Waals surface area contributed by atoms with Crippen LogP contribution in [-0.4, -0.2) is 44.2 Å². The van der Waals surface area contributed by atoms with E-state index >= 15 is 0 Å². The fourth-order valence-corrected chi connectivity index (χ4v) is 3.28. The summed E-state index contributed by atoms with van der Waals surface area (Å²) in [7, 11) is 0. The molecule has 0 aliphatic carbocycles. The first-order valence-electron chi connectivity index (χ1n) is 7.04. The van der Waals surface area contributed by atoms with Crippen LogP contribution < -0.4 is 11.1 Å². The maximum atomic E-state index is 5.59. The van der Waals surface area contributed by atoms with Crippen molar-refractivity contribution in [3.8, 4) is 0 Å². The topological polar surface area (TPSA) is 41.3 Å². The fourth-order valence-electron chi connectivity index (χ4n) is 2.57. The van der Waals surface area contributed by atoms with Gasteiger partial charge in [0.25, 0.3) is 0 Å². The molecule has 1 aromatic rings. The van der Waals surface area contributed by atoms with Gasteiger partial charge in [0.05, 0.1) is 0 Å². The molecule has 0 aromatic carbocycles. The van der Waals surface area contributed by atoms with Gasteiger partial charge in [0, 0.05) is 18.0 Å². The minimum Gasteiger partial charge on any atom is -0.329 e. The third-order valence-electron chi connectivity index (χ3n) is 3.71. The largest absolute Gasteiger partial charge is 0.329 e. The Morgan fingerprint density at radius 2 is 2.22 bits per heavy atom. The maximum Gasteiger partial charge on any atom is 0.0105 e. The first kappa shape index (κ1) is 14.0. The molecule has 1 aliphatic rings. The number of hydrogen-bond acceptors (Lipinski definition) is 4. The van der Waals surface area contributed by atoms with Gasteiger partial charge in [-0.2, -0.15) is 0 Å². The van der Waals surface area contributed by atoms with Crippen molar-refractivity contribution in [3.05, 3.63) is 22.4 Å². The van der Waals surface area contributed by atoms with Gasteiger partial charge in [-0.1, -0.05) is 6.07 Å². The molecule has 18 heavy (non-hydrogen) atoms. The van der Waals surface area contributed by atoms with E-state index in [1.807, 2.05) is 11.3 Å². The molecule has 0 amide bonds. The molecule has 0 spiro atoms. The van der Waals surface area contributed by atoms with Crippen molar-refractivity contribution in [2.24, 2.45) is 11.7 Å². The third-order valence-corrected chi connectivity index (χ3v) is 4.65. The van der Waals surface area contributed by atoms with Gasteiger partial charge in [-0.15, -0.1) is 11.3 Å². The lowest BCUT2D eigenvalue weighted by molar-refractivity contribution is 0.187. The van der Waals surface area contributed by atoms with Crippen LogP contribution in [0.5, 0.6) is 0 Å². The number of thiophene rings is 1. The van der Waals surface area contributed by atoms with Crippen molar-refractivity contribution in [2.45, 2.75) is 19.3 Å². The van der Waals surface area contributed by atoms with Crippen molar-refractivity contribution in [3.63, 3.8) is 0 Å². The molecular formula is C14H25N3S. The summed E-state index contributed by atoms with van der Waals surface area (Å²) in [5.41, 5.74) is 5.59. The molecule has 0 unspecified atom stereocenters. The summed E-state index contributed by atoms with van der Waals surface area (Å²) >= 11 is 1.86. The van der Waals surface area contributed by atoms with Crippen molar-refractivity contribution >= 4 is 11.3 Å². The Morgan fingerprint density at radius 1 is 1.39 bits per heavy atom. The van der Waals surface area contributed by atoms with E-state index < -0.39 is 0 Å². The van der Waals surface area contributed by atoms with Gasteiger partial charge < -0.3 is 16.0 Å². The van der Waals surface area contributed by atoms with Crippen LogP contribution in [0.3, 0.4) is 0 Å². The Bertz CT molecular complexity index is 305. The lowest BCUT2D eigenvalue weighted by Crippen LogP contribution is -2.39. The van der Waals surface area contributed by atoms with Crippen LogP contribution in [-0.2, 0) is 6.42 Å². The van der Waals surface area contributed by atoms with E-state index in [1.54, 1.807) is 0 Å². The molecule has 1 saturated heterocycles. The molecule has 2 rings (SSSR count). The van der Waals surface area contributed by atoms with Crippen LogP contribution in [0.1, 0.15) is 17.7 Å². The lowest BCUT2D eigenvalue weighted by atomic mass is 9.97. The van der Waals surface area contributed by atoms with E-state index in [4.69, 9.17) is 5.73 Å². The summed E-state index contributed by atoms with van der Waals surface area (Å²) in [4.78, 5) is 3.97. The van der Waals surface area contributed by atoms with Gasteiger partial charge in [0.2, 0.25) is 0 Å². The molecular weight excluding hydrogens is 242 g/mol. The zero-order chi connectivity index (χ0) is 12.6. The van der Waals surface area contributed by atoms with Gasteiger partial charge in [-0.25, -0.2) is 0 Å². The molecule has 2 heterocycles. The van der Waals surface area contributed by atoms with E-state index in [2.05, 4.69) is 27.7 Å². The number of nitrogens with zero attached hydrogens (tertiary/aromatic N) is 1. The lowest BCUT2D eigenvalue weighted by Gasteiger charge is -2.31. The second-order valence-corrected chi connectivity index (χ2v) is 6.14. The third kappa shape index (κ3) is 4.69. The minimum absolute atomic E-state index is 0.795. The van der Waals surface area contributed by atoms with Crippen LogP contribution in [0.4, 0.5) is 0 Å². The number of piperidine rings is 1. The average Bonchev–Trinajstić information content (AvgIpc) is 2.90. The molecule has 3 N–H and O–H groups in total. The van der Waals surface area contributed by atoms with Crippen LogP contribution in [0, 0.1) is 5.92 Å². The molecule has 0 atom stereocenters. The monoisotopic (exact) mass is 267 g/mol. The summed E-state index contributed by atoms with van der Waals surface area (Å²) in [6.45, 7) is 6.62. The molecule has 1 aromatic heterocycles. The summed E-state index contributed by atoms with van der Waals surface area (Å²) in [5, 5.41) is 5.76. The average molecular weight is 267 g/mol. The molecule has 102 valence electrons. The Hall–Kier alpha value is -0.420. The smallest absolute Gasteiger partial charge is 0.0105 e. The van der Waals surface area contributed by atoms with Crippen LogP contribution in [0.15, 0.2) is 17.5 Å². The number of likely N-dealkylation sites (tertiary alicyclic amines) is 1. The normalized spacial score (nSPS) is 18.3. The number of rotatable bonds is 7. The van der Waals surface area contributed by atoms with Gasteiger partial charge in [0.1, 0.15) is 0 Å². The Balaban J connectivity index is 1.53. The quantitative estimate of drug-likeness (QED) is 0.737. The first-order chi connectivity index (χ1) is 8.88. The highest BCUT2D eigenvalue weighted by molar-refractivity contribution is 7.09. The van der Waals surface area contributed by atoms with Gasteiger partial charge >= 0.3 is 0 Å². The van der Waals surface area contributed by atoms with E-state index in [0.29, 0.717) is 0 Å². The van der Waals surface area contributed by atoms with E-state index in [0.717, 1.165) is 25.6 Å². The fraction of sp³-hybridized carbons (Fsp3) is 0.714. The standard InChI is InChI=1S/C14H25N3S/c15-6-10-17-8-4-13(5-9-17)12-16-7-3-14-2-1-11-18-14/h1-2,11,13,16H,3-10,12,15H2. The second-order valence-electron chi connectivity index (χ2n) is 5.11. The van der Waals surface area contributed by atoms with Crippen molar-refractivity contribution < 1.29 is 0 Å². The summed E-state index contributed by atoms with van der Waals surface area (Å²) < 4.78 is 0. The van der Waals surface area contributed by atoms with Gasteiger partial charge in [0.15, 0.2) is 0 Å². The zero-order valence-electron chi connectivity index (χ0n) is 11.1. The van der Waals surface area contributed by atoms with Crippen LogP contribution >= 0.6 is 11.3 Å². The second kappa shape index (κ2) is 7.89. The van der Waals surface area contributed by atoms with E-state index in [-0.39, 0.29) is 0 Å². The number of nitrogens with one attached hydrogen (secondary N) is 1. The maximum absolute atomic E-state index is 5.59. The number of hydrogen-bond donors (Lipinski definition) is 2. The molecule has 0 bridgehead atoms. The molecule has 3 nitrogen and oxygen atoms in total. The van der Waals surface area contributed by atoms with Gasteiger partial charge in [-0.3, -0.25) is 0 Å². The molecule has 1 aliphatic heterocycles. The Kier molecular flexibility index (Phi) is 6.14. The molecule has 0 radical (unpaired) electrons. The minimum atomic E-state index is 0.795. The molecule has 0 saturated carbocycles. The Morgan fingerprint density at radius 3 is 2.89 bits per heavy atom. The zero-order valence-corrected chi connectivity index (χ0v) is 11.9. The number of nitrogens with two attached hydrogens (primary N) is 1. The molecule has 4 heteroatoms. The summed E-state index contributed by atoms with van der Waals surface area (Å²) in [5.74, 6) is 0.863. The Labute approximate surface area is 114 Å². The summed E-state index contributed by atoms with van der Waals surface area (Å²) in [6, 6.07) is 4.35. The predicted molar refractivity (Wildman–Crippen MR) is 79.1 cm³/mol. The van der Waals surface area contributed by atoms with Crippen molar-refractivity contribution in [1.29, 1.82) is 0 Å². The highest BCUT2D eigenvalue weighted by atomic mass is 32.1. The van der Waals surface area contributed by atoms with Gasteiger partial charge in [-0.05, 0) is 62.8 Å². The first-order valence-corrected chi connectivity index (χ1v) is 7.92. The summed E-state index contributed by atoms with van der Waals surface area (Å²) in [6.07, 6.45) is 3.82. The highest BCUT2D eigenvalue weighted by Gasteiger charge is 2.17. The SMILES string of the molecule is NCCN1CCC(CNCCc2cccs2)CC1. The van der Waals surface area contributed by atoms with E-state index in [1.165, 1.54) is 43.8 Å². The van der Waals surface area contributed by atoms with Crippen molar-refractivity contribution in [2.75, 3.05) is 39.3 Å². The molecule has 1 fully saturated rings.